The first kappa shape index (κ1) is 25.5. The zero-order valence-electron chi connectivity index (χ0n) is 19.9. The molecule has 0 spiro atoms. The monoisotopic (exact) mass is 448 g/mol. The van der Waals surface area contributed by atoms with Gasteiger partial charge in [-0.2, -0.15) is 0 Å². The minimum atomic E-state index is -0.253. The van der Waals surface area contributed by atoms with Crippen LogP contribution in [0, 0.1) is 5.92 Å². The highest BCUT2D eigenvalue weighted by atomic mass is 16.5. The fourth-order valence-electron chi connectivity index (χ4n) is 3.67. The van der Waals surface area contributed by atoms with E-state index in [2.05, 4.69) is 10.6 Å². The molecule has 2 N–H and O–H groups in total. The van der Waals surface area contributed by atoms with Crippen LogP contribution in [0.2, 0.25) is 0 Å². The summed E-state index contributed by atoms with van der Waals surface area (Å²) in [7, 11) is 3.33. The van der Waals surface area contributed by atoms with Crippen molar-refractivity contribution in [2.75, 3.05) is 45.7 Å². The molecule has 1 heterocycles. The van der Waals surface area contributed by atoms with Gasteiger partial charge in [0.1, 0.15) is 12.4 Å². The minimum Gasteiger partial charge on any atom is -0.491 e. The Balaban J connectivity index is 2.42. The number of likely N-dealkylation sites (N-methyl/N-ethyl adjacent to an activating group) is 1. The Labute approximate surface area is 190 Å². The highest BCUT2D eigenvalue weighted by Gasteiger charge is 2.30. The predicted molar refractivity (Wildman–Crippen MR) is 123 cm³/mol. The molecule has 2 rings (SSSR count). The summed E-state index contributed by atoms with van der Waals surface area (Å²) < 4.78 is 11.7. The summed E-state index contributed by atoms with van der Waals surface area (Å²) in [4.78, 5) is 40.8. The number of carbonyl (C=O) groups is 3. The van der Waals surface area contributed by atoms with Crippen molar-refractivity contribution >= 4 is 23.5 Å². The van der Waals surface area contributed by atoms with Gasteiger partial charge in [-0.1, -0.05) is 13.8 Å². The zero-order valence-corrected chi connectivity index (χ0v) is 19.9. The largest absolute Gasteiger partial charge is 0.491 e. The molecule has 0 radical (unpaired) electrons. The van der Waals surface area contributed by atoms with Crippen LogP contribution in [0.25, 0.3) is 0 Å². The standard InChI is InChI=1S/C23H36N4O5/c1-7-10-24-23(30)27-12-15(2)21(31-6)13-26(5)22(29)19-9-8-18(25-17(4)28)11-20(19)32-14-16(27)3/h8-9,11,15-16,21H,7,10,12-14H2,1-6H3,(H,24,30)(H,25,28)/t15-,16-,21-/m0/s1. The van der Waals surface area contributed by atoms with E-state index in [9.17, 15) is 14.4 Å². The van der Waals surface area contributed by atoms with Gasteiger partial charge < -0.3 is 29.9 Å². The van der Waals surface area contributed by atoms with E-state index >= 15 is 0 Å². The third kappa shape index (κ3) is 6.59. The Morgan fingerprint density at radius 3 is 2.59 bits per heavy atom. The molecule has 9 heteroatoms. The number of rotatable bonds is 4. The average molecular weight is 449 g/mol. The zero-order chi connectivity index (χ0) is 23.8. The molecular weight excluding hydrogens is 412 g/mol. The molecule has 1 aliphatic rings. The van der Waals surface area contributed by atoms with Crippen LogP contribution in [-0.2, 0) is 9.53 Å². The summed E-state index contributed by atoms with van der Waals surface area (Å²) in [5, 5.41) is 5.65. The van der Waals surface area contributed by atoms with Crippen LogP contribution in [0.4, 0.5) is 10.5 Å². The Morgan fingerprint density at radius 1 is 1.25 bits per heavy atom. The van der Waals surface area contributed by atoms with E-state index in [1.54, 1.807) is 42.2 Å². The number of methoxy groups -OCH3 is 1. The molecule has 0 bridgehead atoms. The van der Waals surface area contributed by atoms with Crippen molar-refractivity contribution in [2.24, 2.45) is 5.92 Å². The molecule has 32 heavy (non-hydrogen) atoms. The van der Waals surface area contributed by atoms with Crippen LogP contribution in [0.5, 0.6) is 5.75 Å². The number of carbonyl (C=O) groups excluding carboxylic acids is 3. The maximum atomic E-state index is 13.2. The normalized spacial score (nSPS) is 22.2. The Kier molecular flexibility index (Phi) is 9.31. The van der Waals surface area contributed by atoms with Gasteiger partial charge in [0.25, 0.3) is 5.91 Å². The number of amides is 4. The first-order valence-corrected chi connectivity index (χ1v) is 11.0. The van der Waals surface area contributed by atoms with Crippen molar-refractivity contribution in [2.45, 2.75) is 46.3 Å². The number of hydrogen-bond acceptors (Lipinski definition) is 5. The van der Waals surface area contributed by atoms with Crippen LogP contribution >= 0.6 is 0 Å². The SMILES string of the molecule is CCCNC(=O)N1C[C@H](C)[C@@H](OC)CN(C)C(=O)c2ccc(NC(C)=O)cc2OC[C@@H]1C. The van der Waals surface area contributed by atoms with Gasteiger partial charge >= 0.3 is 6.03 Å². The molecule has 0 unspecified atom stereocenters. The first-order valence-electron chi connectivity index (χ1n) is 11.0. The van der Waals surface area contributed by atoms with E-state index in [4.69, 9.17) is 9.47 Å². The molecule has 1 aromatic carbocycles. The summed E-state index contributed by atoms with van der Waals surface area (Å²) in [5.41, 5.74) is 0.922. The maximum Gasteiger partial charge on any atom is 0.317 e. The van der Waals surface area contributed by atoms with E-state index in [0.29, 0.717) is 36.6 Å². The first-order chi connectivity index (χ1) is 15.2. The molecule has 0 aromatic heterocycles. The number of nitrogens with one attached hydrogen (secondary N) is 2. The van der Waals surface area contributed by atoms with Crippen LogP contribution in [0.3, 0.4) is 0 Å². The van der Waals surface area contributed by atoms with Gasteiger partial charge in [0.2, 0.25) is 5.91 Å². The van der Waals surface area contributed by atoms with E-state index in [-0.39, 0.29) is 42.5 Å². The summed E-state index contributed by atoms with van der Waals surface area (Å²) in [6.45, 7) is 8.95. The summed E-state index contributed by atoms with van der Waals surface area (Å²) >= 11 is 0. The van der Waals surface area contributed by atoms with Crippen molar-refractivity contribution < 1.29 is 23.9 Å². The lowest BCUT2D eigenvalue weighted by Crippen LogP contribution is -2.51. The highest BCUT2D eigenvalue weighted by Crippen LogP contribution is 2.26. The van der Waals surface area contributed by atoms with E-state index < -0.39 is 0 Å². The van der Waals surface area contributed by atoms with Gasteiger partial charge in [0.05, 0.1) is 17.7 Å². The number of urea groups is 1. The van der Waals surface area contributed by atoms with Crippen LogP contribution in [0.1, 0.15) is 44.5 Å². The quantitative estimate of drug-likeness (QED) is 0.737. The lowest BCUT2D eigenvalue weighted by molar-refractivity contribution is -0.114. The van der Waals surface area contributed by atoms with E-state index in [1.165, 1.54) is 6.92 Å². The third-order valence-corrected chi connectivity index (χ3v) is 5.55. The average Bonchev–Trinajstić information content (AvgIpc) is 2.75. The van der Waals surface area contributed by atoms with Gasteiger partial charge in [0.15, 0.2) is 0 Å². The molecular formula is C23H36N4O5. The smallest absolute Gasteiger partial charge is 0.317 e. The fraction of sp³-hybridized carbons (Fsp3) is 0.609. The number of ether oxygens (including phenoxy) is 2. The van der Waals surface area contributed by atoms with Gasteiger partial charge in [0, 0.05) is 58.4 Å². The van der Waals surface area contributed by atoms with Crippen molar-refractivity contribution in [1.82, 2.24) is 15.1 Å². The second-order valence-corrected chi connectivity index (χ2v) is 8.37. The second-order valence-electron chi connectivity index (χ2n) is 8.37. The third-order valence-electron chi connectivity index (χ3n) is 5.55. The Hall–Kier alpha value is -2.81. The van der Waals surface area contributed by atoms with Gasteiger partial charge in [-0.25, -0.2) is 4.79 Å². The Bertz CT molecular complexity index is 816. The number of benzene rings is 1. The molecule has 3 atom stereocenters. The minimum absolute atomic E-state index is 0.00823. The second kappa shape index (κ2) is 11.7. The summed E-state index contributed by atoms with van der Waals surface area (Å²) in [5.74, 6) is -0.0671. The van der Waals surface area contributed by atoms with Crippen LogP contribution < -0.4 is 15.4 Å². The van der Waals surface area contributed by atoms with Gasteiger partial charge in [-0.15, -0.1) is 0 Å². The number of hydrogen-bond donors (Lipinski definition) is 2. The van der Waals surface area contributed by atoms with Gasteiger partial charge in [-0.05, 0) is 25.5 Å². The van der Waals surface area contributed by atoms with Crippen LogP contribution in [0.15, 0.2) is 18.2 Å². The van der Waals surface area contributed by atoms with E-state index in [1.807, 2.05) is 20.8 Å². The van der Waals surface area contributed by atoms with Crippen LogP contribution in [-0.4, -0.2) is 80.2 Å². The Morgan fingerprint density at radius 2 is 1.97 bits per heavy atom. The lowest BCUT2D eigenvalue weighted by Gasteiger charge is -2.36. The number of anilines is 1. The molecule has 0 saturated carbocycles. The predicted octanol–water partition coefficient (Wildman–Crippen LogP) is 2.57. The van der Waals surface area contributed by atoms with Crippen molar-refractivity contribution in [1.29, 1.82) is 0 Å². The van der Waals surface area contributed by atoms with Crippen molar-refractivity contribution in [3.63, 3.8) is 0 Å². The van der Waals surface area contributed by atoms with Crippen molar-refractivity contribution in [3.05, 3.63) is 23.8 Å². The molecule has 4 amide bonds. The fourth-order valence-corrected chi connectivity index (χ4v) is 3.67. The van der Waals surface area contributed by atoms with Crippen molar-refractivity contribution in [3.8, 4) is 5.75 Å². The number of fused-ring (bicyclic) bond motifs is 1. The molecule has 9 nitrogen and oxygen atoms in total. The molecule has 1 aromatic rings. The summed E-state index contributed by atoms with van der Waals surface area (Å²) in [6.07, 6.45) is 0.590. The lowest BCUT2D eigenvalue weighted by atomic mass is 10.0. The maximum absolute atomic E-state index is 13.2. The molecule has 178 valence electrons. The summed E-state index contributed by atoms with van der Waals surface area (Å²) in [6, 6.07) is 4.55. The van der Waals surface area contributed by atoms with Gasteiger partial charge in [-0.3, -0.25) is 9.59 Å². The molecule has 0 fully saturated rings. The molecule has 0 saturated heterocycles. The number of nitrogens with zero attached hydrogens (tertiary/aromatic N) is 2. The molecule has 0 aliphatic carbocycles. The topological polar surface area (TPSA) is 100 Å². The van der Waals surface area contributed by atoms with E-state index in [0.717, 1.165) is 6.42 Å². The molecule has 1 aliphatic heterocycles. The highest BCUT2D eigenvalue weighted by molar-refractivity contribution is 5.98.